The topological polar surface area (TPSA) is 46.5 Å². The number of carbonyl (C=O) groups is 1. The van der Waals surface area contributed by atoms with Crippen molar-refractivity contribution in [3.63, 3.8) is 0 Å². The molecule has 0 fully saturated rings. The minimum absolute atomic E-state index is 0.0963. The number of carbonyl (C=O) groups excluding carboxylic acids is 1. The van der Waals surface area contributed by atoms with Crippen LogP contribution in [0.15, 0.2) is 11.1 Å². The number of aliphatic hydroxyl groups excluding tert-OH is 1. The molecule has 0 amide bonds. The van der Waals surface area contributed by atoms with Crippen LogP contribution in [0.5, 0.6) is 0 Å². The fourth-order valence-electron chi connectivity index (χ4n) is 0.446. The molecule has 0 heterocycles. The van der Waals surface area contributed by atoms with Gasteiger partial charge in [0.15, 0.2) is 0 Å². The minimum Gasteiger partial charge on any atom is -0.466 e. The maximum atomic E-state index is 10.7. The number of ether oxygens (including phenoxy) is 1. The lowest BCUT2D eigenvalue weighted by Crippen LogP contribution is -2.05. The molecule has 0 atom stereocenters. The number of hydrogen-bond acceptors (Lipinski definition) is 3. The Bertz CT molecular complexity index is 158. The molecule has 0 bridgehead atoms. The van der Waals surface area contributed by atoms with E-state index in [-0.39, 0.29) is 12.6 Å². The molecule has 0 aliphatic carbocycles. The first-order valence-corrected chi connectivity index (χ1v) is 2.99. The second kappa shape index (κ2) is 4.06. The number of methoxy groups -OCH3 is 1. The molecule has 1 N–H and O–H groups in total. The van der Waals surface area contributed by atoms with E-state index in [0.29, 0.717) is 11.1 Å². The van der Waals surface area contributed by atoms with E-state index in [4.69, 9.17) is 5.11 Å². The first-order chi connectivity index (χ1) is 4.63. The van der Waals surface area contributed by atoms with Crippen molar-refractivity contribution in [1.29, 1.82) is 0 Å². The molecule has 0 aliphatic rings. The van der Waals surface area contributed by atoms with Gasteiger partial charge in [0.25, 0.3) is 0 Å². The zero-order valence-electron chi connectivity index (χ0n) is 6.47. The summed E-state index contributed by atoms with van der Waals surface area (Å²) in [4.78, 5) is 10.7. The average molecular weight is 144 g/mol. The van der Waals surface area contributed by atoms with Crippen LogP contribution >= 0.6 is 0 Å². The second-order valence-corrected chi connectivity index (χ2v) is 2.06. The van der Waals surface area contributed by atoms with Gasteiger partial charge in [-0.3, -0.25) is 0 Å². The number of hydrogen-bond donors (Lipinski definition) is 1. The number of aliphatic hydroxyl groups is 1. The van der Waals surface area contributed by atoms with Gasteiger partial charge in [-0.15, -0.1) is 0 Å². The molecule has 0 unspecified atom stereocenters. The fourth-order valence-corrected chi connectivity index (χ4v) is 0.446. The first-order valence-electron chi connectivity index (χ1n) is 2.99. The van der Waals surface area contributed by atoms with Gasteiger partial charge in [-0.25, -0.2) is 4.79 Å². The standard InChI is InChI=1S/C7H12O3/c1-5(4-8)6(2)7(9)10-3/h8H,4H2,1-3H3. The van der Waals surface area contributed by atoms with E-state index in [1.807, 2.05) is 0 Å². The zero-order valence-corrected chi connectivity index (χ0v) is 6.47. The van der Waals surface area contributed by atoms with Gasteiger partial charge in [-0.2, -0.15) is 0 Å². The largest absolute Gasteiger partial charge is 0.466 e. The highest BCUT2D eigenvalue weighted by Gasteiger charge is 2.05. The van der Waals surface area contributed by atoms with Crippen molar-refractivity contribution in [3.05, 3.63) is 11.1 Å². The molecule has 58 valence electrons. The van der Waals surface area contributed by atoms with Crippen LogP contribution in [-0.2, 0) is 9.53 Å². The third kappa shape index (κ3) is 2.19. The van der Waals surface area contributed by atoms with Crippen molar-refractivity contribution in [2.45, 2.75) is 13.8 Å². The molecule has 0 saturated heterocycles. The predicted octanol–water partition coefficient (Wildman–Crippen LogP) is 0.488. The van der Waals surface area contributed by atoms with Gasteiger partial charge in [-0.05, 0) is 19.4 Å². The Morgan fingerprint density at radius 2 is 2.00 bits per heavy atom. The summed E-state index contributed by atoms with van der Waals surface area (Å²) in [5.41, 5.74) is 1.12. The molecule has 3 heteroatoms. The Kier molecular flexibility index (Phi) is 3.72. The Labute approximate surface area is 60.3 Å². The molecular weight excluding hydrogens is 132 g/mol. The maximum absolute atomic E-state index is 10.7. The number of esters is 1. The summed E-state index contributed by atoms with van der Waals surface area (Å²) in [6, 6.07) is 0. The van der Waals surface area contributed by atoms with Gasteiger partial charge >= 0.3 is 5.97 Å². The van der Waals surface area contributed by atoms with Crippen LogP contribution in [-0.4, -0.2) is 24.8 Å². The van der Waals surface area contributed by atoms with Gasteiger partial charge in [-0.1, -0.05) is 0 Å². The van der Waals surface area contributed by atoms with Gasteiger partial charge in [0.1, 0.15) is 0 Å². The summed E-state index contributed by atoms with van der Waals surface area (Å²) in [7, 11) is 1.32. The van der Waals surface area contributed by atoms with Crippen molar-refractivity contribution in [2.75, 3.05) is 13.7 Å². The van der Waals surface area contributed by atoms with Crippen molar-refractivity contribution in [1.82, 2.24) is 0 Å². The molecule has 0 radical (unpaired) electrons. The monoisotopic (exact) mass is 144 g/mol. The van der Waals surface area contributed by atoms with E-state index in [1.54, 1.807) is 13.8 Å². The highest BCUT2D eigenvalue weighted by molar-refractivity contribution is 5.88. The molecule has 0 spiro atoms. The van der Waals surface area contributed by atoms with Crippen molar-refractivity contribution in [2.24, 2.45) is 0 Å². The molecule has 0 aliphatic heterocycles. The van der Waals surface area contributed by atoms with E-state index >= 15 is 0 Å². The third-order valence-electron chi connectivity index (χ3n) is 1.37. The molecule has 3 nitrogen and oxygen atoms in total. The van der Waals surface area contributed by atoms with Gasteiger partial charge in [0.2, 0.25) is 0 Å². The maximum Gasteiger partial charge on any atom is 0.333 e. The Balaban J connectivity index is 4.30. The summed E-state index contributed by atoms with van der Waals surface area (Å²) in [5.74, 6) is -0.383. The van der Waals surface area contributed by atoms with Gasteiger partial charge < -0.3 is 9.84 Å². The molecular formula is C7H12O3. The van der Waals surface area contributed by atoms with E-state index in [9.17, 15) is 4.79 Å². The molecule has 10 heavy (non-hydrogen) atoms. The van der Waals surface area contributed by atoms with Gasteiger partial charge in [0.05, 0.1) is 13.7 Å². The van der Waals surface area contributed by atoms with Crippen LogP contribution in [0, 0.1) is 0 Å². The van der Waals surface area contributed by atoms with Crippen molar-refractivity contribution in [3.8, 4) is 0 Å². The van der Waals surface area contributed by atoms with Crippen LogP contribution < -0.4 is 0 Å². The summed E-state index contributed by atoms with van der Waals surface area (Å²) in [6.45, 7) is 3.21. The molecule has 0 aromatic heterocycles. The first kappa shape index (κ1) is 9.17. The normalized spacial score (nSPS) is 12.4. The van der Waals surface area contributed by atoms with E-state index in [0.717, 1.165) is 0 Å². The summed E-state index contributed by atoms with van der Waals surface area (Å²) < 4.78 is 4.43. The number of rotatable bonds is 2. The summed E-state index contributed by atoms with van der Waals surface area (Å²) in [6.07, 6.45) is 0. The lowest BCUT2D eigenvalue weighted by molar-refractivity contribution is -0.136. The van der Waals surface area contributed by atoms with E-state index in [1.165, 1.54) is 7.11 Å². The second-order valence-electron chi connectivity index (χ2n) is 2.06. The van der Waals surface area contributed by atoms with Gasteiger partial charge in [0, 0.05) is 5.57 Å². The van der Waals surface area contributed by atoms with Crippen molar-refractivity contribution >= 4 is 5.97 Å². The van der Waals surface area contributed by atoms with E-state index < -0.39 is 0 Å². The Morgan fingerprint density at radius 1 is 1.50 bits per heavy atom. The summed E-state index contributed by atoms with van der Waals surface area (Å²) in [5, 5.41) is 8.58. The van der Waals surface area contributed by atoms with Crippen LogP contribution in [0.1, 0.15) is 13.8 Å². The highest BCUT2D eigenvalue weighted by atomic mass is 16.5. The van der Waals surface area contributed by atoms with Crippen molar-refractivity contribution < 1.29 is 14.6 Å². The Hall–Kier alpha value is -0.830. The molecule has 0 saturated carbocycles. The summed E-state index contributed by atoms with van der Waals surface area (Å²) >= 11 is 0. The third-order valence-corrected chi connectivity index (χ3v) is 1.37. The lowest BCUT2D eigenvalue weighted by atomic mass is 10.2. The van der Waals surface area contributed by atoms with Crippen LogP contribution in [0.25, 0.3) is 0 Å². The molecule has 0 aromatic carbocycles. The zero-order chi connectivity index (χ0) is 8.15. The fraction of sp³-hybridized carbons (Fsp3) is 0.571. The quantitative estimate of drug-likeness (QED) is 0.453. The lowest BCUT2D eigenvalue weighted by Gasteiger charge is -2.01. The minimum atomic E-state index is -0.383. The van der Waals surface area contributed by atoms with Crippen LogP contribution in [0.4, 0.5) is 0 Å². The van der Waals surface area contributed by atoms with E-state index in [2.05, 4.69) is 4.74 Å². The highest BCUT2D eigenvalue weighted by Crippen LogP contribution is 2.02. The van der Waals surface area contributed by atoms with Crippen LogP contribution in [0.2, 0.25) is 0 Å². The average Bonchev–Trinajstić information content (AvgIpc) is 2.00. The predicted molar refractivity (Wildman–Crippen MR) is 37.5 cm³/mol. The SMILES string of the molecule is COC(=O)C(C)=C(C)CO. The smallest absolute Gasteiger partial charge is 0.333 e. The molecule has 0 rings (SSSR count). The molecule has 0 aromatic rings. The Morgan fingerprint density at radius 3 is 2.30 bits per heavy atom. The van der Waals surface area contributed by atoms with Crippen LogP contribution in [0.3, 0.4) is 0 Å².